The Bertz CT molecular complexity index is 1020. The van der Waals surface area contributed by atoms with Gasteiger partial charge in [0.15, 0.2) is 11.5 Å². The summed E-state index contributed by atoms with van der Waals surface area (Å²) in [5.41, 5.74) is 3.85. The molecule has 0 aromatic heterocycles. The maximum absolute atomic E-state index is 14.2. The van der Waals surface area contributed by atoms with Crippen molar-refractivity contribution in [3.63, 3.8) is 0 Å². The number of methoxy groups -OCH3 is 2. The molecule has 156 valence electrons. The van der Waals surface area contributed by atoms with Gasteiger partial charge in [-0.1, -0.05) is 18.2 Å². The molecule has 3 aromatic carbocycles. The first-order valence-electron chi connectivity index (χ1n) is 10.1. The summed E-state index contributed by atoms with van der Waals surface area (Å²) in [6.45, 7) is 0.836. The predicted octanol–water partition coefficient (Wildman–Crippen LogP) is 5.72. The second-order valence-electron chi connectivity index (χ2n) is 7.48. The molecule has 4 rings (SSSR count). The van der Waals surface area contributed by atoms with Crippen molar-refractivity contribution in [2.24, 2.45) is 0 Å². The summed E-state index contributed by atoms with van der Waals surface area (Å²) < 4.78 is 38.9. The van der Waals surface area contributed by atoms with E-state index < -0.39 is 5.82 Å². The Hall–Kier alpha value is -3.08. The molecule has 1 heterocycles. The molecule has 1 aliphatic heterocycles. The quantitative estimate of drug-likeness (QED) is 0.520. The van der Waals surface area contributed by atoms with E-state index in [9.17, 15) is 8.78 Å². The highest BCUT2D eigenvalue weighted by Gasteiger charge is 2.29. The van der Waals surface area contributed by atoms with Crippen molar-refractivity contribution in [3.05, 3.63) is 89.0 Å². The van der Waals surface area contributed by atoms with Gasteiger partial charge in [-0.3, -0.25) is 0 Å². The molecule has 3 nitrogen and oxygen atoms in total. The molecule has 1 atom stereocenters. The fourth-order valence-electron chi connectivity index (χ4n) is 4.30. The van der Waals surface area contributed by atoms with Gasteiger partial charge in [0.25, 0.3) is 0 Å². The summed E-state index contributed by atoms with van der Waals surface area (Å²) in [5, 5.41) is 0. The summed E-state index contributed by atoms with van der Waals surface area (Å²) in [6.07, 6.45) is 1.96. The molecule has 0 N–H and O–H groups in total. The van der Waals surface area contributed by atoms with Crippen LogP contribution in [0.2, 0.25) is 0 Å². The van der Waals surface area contributed by atoms with Gasteiger partial charge in [-0.05, 0) is 78.4 Å². The highest BCUT2D eigenvalue weighted by atomic mass is 19.1. The van der Waals surface area contributed by atoms with Crippen LogP contribution in [-0.4, -0.2) is 20.8 Å². The van der Waals surface area contributed by atoms with Crippen LogP contribution in [0.3, 0.4) is 0 Å². The summed E-state index contributed by atoms with van der Waals surface area (Å²) in [7, 11) is 3.26. The third kappa shape index (κ3) is 3.97. The summed E-state index contributed by atoms with van der Waals surface area (Å²) in [6, 6.07) is 17.9. The summed E-state index contributed by atoms with van der Waals surface area (Å²) in [5.74, 6) is 0.597. The molecule has 0 fully saturated rings. The van der Waals surface area contributed by atoms with Gasteiger partial charge in [0.2, 0.25) is 0 Å². The van der Waals surface area contributed by atoms with Crippen LogP contribution in [0.5, 0.6) is 11.5 Å². The Kier molecular flexibility index (Phi) is 5.88. The molecule has 0 saturated heterocycles. The normalized spacial score (nSPS) is 15.6. The molecule has 1 aliphatic rings. The van der Waals surface area contributed by atoms with E-state index in [-0.39, 0.29) is 11.9 Å². The molecule has 5 heteroatoms. The van der Waals surface area contributed by atoms with Gasteiger partial charge in [0.1, 0.15) is 11.6 Å². The number of nitrogens with zero attached hydrogens (tertiary/aromatic N) is 1. The van der Waals surface area contributed by atoms with Crippen LogP contribution in [0.1, 0.15) is 29.2 Å². The average Bonchev–Trinajstić information content (AvgIpc) is 2.78. The summed E-state index contributed by atoms with van der Waals surface area (Å²) >= 11 is 0. The number of para-hydroxylation sites is 1. The van der Waals surface area contributed by atoms with E-state index in [1.807, 2.05) is 30.3 Å². The maximum Gasteiger partial charge on any atom is 0.161 e. The molecular formula is C25H25F2NO2. The number of rotatable bonds is 6. The Morgan fingerprint density at radius 3 is 2.40 bits per heavy atom. The Balaban J connectivity index is 1.72. The molecule has 0 aliphatic carbocycles. The molecule has 0 amide bonds. The lowest BCUT2D eigenvalue weighted by molar-refractivity contribution is 0.352. The van der Waals surface area contributed by atoms with Gasteiger partial charge in [-0.15, -0.1) is 0 Å². The van der Waals surface area contributed by atoms with Crippen LogP contribution in [0.15, 0.2) is 60.7 Å². The number of benzene rings is 3. The van der Waals surface area contributed by atoms with Crippen LogP contribution in [0.25, 0.3) is 0 Å². The number of hydrogen-bond donors (Lipinski definition) is 0. The zero-order valence-corrected chi connectivity index (χ0v) is 17.2. The number of ether oxygens (including phenoxy) is 2. The van der Waals surface area contributed by atoms with E-state index in [1.165, 1.54) is 17.7 Å². The van der Waals surface area contributed by atoms with Crippen LogP contribution in [0.4, 0.5) is 14.5 Å². The molecule has 0 bridgehead atoms. The largest absolute Gasteiger partial charge is 0.493 e. The highest BCUT2D eigenvalue weighted by molar-refractivity contribution is 5.56. The van der Waals surface area contributed by atoms with Crippen molar-refractivity contribution >= 4 is 5.69 Å². The standard InChI is InChI=1S/C25H25F2NO2/c1-29-24-15-17-12-13-28(20-6-4-3-5-7-20)23(21(17)16-25(24)30-2)11-8-18-14-19(26)9-10-22(18)27/h3-7,9-10,14-16,23H,8,11-13H2,1-2H3. The van der Waals surface area contributed by atoms with Crippen LogP contribution in [-0.2, 0) is 12.8 Å². The Labute approximate surface area is 175 Å². The lowest BCUT2D eigenvalue weighted by Crippen LogP contribution is -2.36. The number of hydrogen-bond acceptors (Lipinski definition) is 3. The van der Waals surface area contributed by atoms with E-state index in [1.54, 1.807) is 14.2 Å². The predicted molar refractivity (Wildman–Crippen MR) is 114 cm³/mol. The minimum absolute atomic E-state index is 0.0126. The molecule has 1 unspecified atom stereocenters. The Morgan fingerprint density at radius 2 is 1.67 bits per heavy atom. The zero-order chi connectivity index (χ0) is 21.1. The van der Waals surface area contributed by atoms with Gasteiger partial charge < -0.3 is 14.4 Å². The minimum atomic E-state index is -0.415. The van der Waals surface area contributed by atoms with Crippen molar-refractivity contribution in [3.8, 4) is 11.5 Å². The molecule has 0 saturated carbocycles. The molecule has 0 radical (unpaired) electrons. The van der Waals surface area contributed by atoms with Crippen molar-refractivity contribution in [2.75, 3.05) is 25.7 Å². The lowest BCUT2D eigenvalue weighted by atomic mass is 9.88. The van der Waals surface area contributed by atoms with Gasteiger partial charge in [0, 0.05) is 12.2 Å². The monoisotopic (exact) mass is 409 g/mol. The number of halogens is 2. The first-order chi connectivity index (χ1) is 14.6. The van der Waals surface area contributed by atoms with Crippen molar-refractivity contribution in [2.45, 2.75) is 25.3 Å². The highest BCUT2D eigenvalue weighted by Crippen LogP contribution is 2.41. The van der Waals surface area contributed by atoms with Gasteiger partial charge in [-0.25, -0.2) is 8.78 Å². The lowest BCUT2D eigenvalue weighted by Gasteiger charge is -2.39. The van der Waals surface area contributed by atoms with Crippen LogP contribution >= 0.6 is 0 Å². The number of aryl methyl sites for hydroxylation is 1. The van der Waals surface area contributed by atoms with Crippen molar-refractivity contribution < 1.29 is 18.3 Å². The van der Waals surface area contributed by atoms with E-state index in [2.05, 4.69) is 17.0 Å². The zero-order valence-electron chi connectivity index (χ0n) is 17.2. The SMILES string of the molecule is COc1cc2c(cc1OC)C(CCc1cc(F)ccc1F)N(c1ccccc1)CC2. The van der Waals surface area contributed by atoms with E-state index in [4.69, 9.17) is 9.47 Å². The van der Waals surface area contributed by atoms with E-state index in [0.717, 1.165) is 30.3 Å². The first kappa shape index (κ1) is 20.2. The fourth-order valence-corrected chi connectivity index (χ4v) is 4.30. The second-order valence-corrected chi connectivity index (χ2v) is 7.48. The molecular weight excluding hydrogens is 384 g/mol. The first-order valence-corrected chi connectivity index (χ1v) is 10.1. The van der Waals surface area contributed by atoms with E-state index >= 15 is 0 Å². The summed E-state index contributed by atoms with van der Waals surface area (Å²) in [4.78, 5) is 2.34. The maximum atomic E-state index is 14.2. The minimum Gasteiger partial charge on any atom is -0.493 e. The Morgan fingerprint density at radius 1 is 0.933 bits per heavy atom. The van der Waals surface area contributed by atoms with Gasteiger partial charge >= 0.3 is 0 Å². The molecule has 0 spiro atoms. The number of anilines is 1. The molecule has 3 aromatic rings. The van der Waals surface area contributed by atoms with Crippen LogP contribution in [0, 0.1) is 11.6 Å². The van der Waals surface area contributed by atoms with Gasteiger partial charge in [0.05, 0.1) is 20.3 Å². The van der Waals surface area contributed by atoms with E-state index in [0.29, 0.717) is 29.9 Å². The number of fused-ring (bicyclic) bond motifs is 1. The topological polar surface area (TPSA) is 21.7 Å². The van der Waals surface area contributed by atoms with Crippen LogP contribution < -0.4 is 14.4 Å². The fraction of sp³-hybridized carbons (Fsp3) is 0.280. The third-order valence-corrected chi connectivity index (χ3v) is 5.79. The van der Waals surface area contributed by atoms with Crippen molar-refractivity contribution in [1.29, 1.82) is 0 Å². The second kappa shape index (κ2) is 8.74. The van der Waals surface area contributed by atoms with Gasteiger partial charge in [-0.2, -0.15) is 0 Å². The third-order valence-electron chi connectivity index (χ3n) is 5.79. The average molecular weight is 409 g/mol. The molecule has 30 heavy (non-hydrogen) atoms. The smallest absolute Gasteiger partial charge is 0.161 e. The van der Waals surface area contributed by atoms with Crippen molar-refractivity contribution in [1.82, 2.24) is 0 Å².